The summed E-state index contributed by atoms with van der Waals surface area (Å²) >= 11 is 0. The van der Waals surface area contributed by atoms with Gasteiger partial charge in [-0.25, -0.2) is 0 Å². The van der Waals surface area contributed by atoms with E-state index in [0.29, 0.717) is 6.42 Å². The number of hydrogen-bond acceptors (Lipinski definition) is 3. The van der Waals surface area contributed by atoms with Crippen LogP contribution < -0.4 is 0 Å². The minimum absolute atomic E-state index is 0.396. The van der Waals surface area contributed by atoms with Crippen LogP contribution in [0, 0.1) is 0 Å². The predicted octanol–water partition coefficient (Wildman–Crippen LogP) is 0.851. The molecule has 0 radical (unpaired) electrons. The number of ether oxygens (including phenoxy) is 1. The zero-order valence-corrected chi connectivity index (χ0v) is 6.42. The summed E-state index contributed by atoms with van der Waals surface area (Å²) in [7, 11) is 0. The van der Waals surface area contributed by atoms with Crippen LogP contribution in [0.25, 0.3) is 0 Å². The molecule has 10 heavy (non-hydrogen) atoms. The molecule has 0 aromatic heterocycles. The Morgan fingerprint density at radius 3 is 2.60 bits per heavy atom. The lowest BCUT2D eigenvalue weighted by Crippen LogP contribution is -2.11. The topological polar surface area (TPSA) is 49.7 Å². The standard InChI is InChI=1S/C7H16O3/c1-2-3-4-5-7(9)10-6-8/h7-9H,2-6H2,1H3. The number of aliphatic hydroxyl groups excluding tert-OH is 2. The highest BCUT2D eigenvalue weighted by molar-refractivity contribution is 4.42. The zero-order valence-electron chi connectivity index (χ0n) is 6.42. The van der Waals surface area contributed by atoms with Gasteiger partial charge in [-0.15, -0.1) is 0 Å². The molecule has 0 heterocycles. The lowest BCUT2D eigenvalue weighted by Gasteiger charge is -2.07. The largest absolute Gasteiger partial charge is 0.371 e. The summed E-state index contributed by atoms with van der Waals surface area (Å²) in [6.45, 7) is 1.70. The van der Waals surface area contributed by atoms with Crippen LogP contribution in [0.5, 0.6) is 0 Å². The van der Waals surface area contributed by atoms with Crippen LogP contribution >= 0.6 is 0 Å². The third-order valence-electron chi connectivity index (χ3n) is 1.32. The van der Waals surface area contributed by atoms with E-state index in [-0.39, 0.29) is 0 Å². The Morgan fingerprint density at radius 1 is 1.40 bits per heavy atom. The first-order chi connectivity index (χ1) is 4.81. The second-order valence-electron chi connectivity index (χ2n) is 2.25. The molecule has 0 fully saturated rings. The van der Waals surface area contributed by atoms with Crippen LogP contribution in [0.2, 0.25) is 0 Å². The lowest BCUT2D eigenvalue weighted by atomic mass is 10.2. The van der Waals surface area contributed by atoms with E-state index >= 15 is 0 Å². The molecule has 3 heteroatoms. The fourth-order valence-electron chi connectivity index (χ4n) is 0.738. The van der Waals surface area contributed by atoms with Gasteiger partial charge in [-0.2, -0.15) is 0 Å². The Hall–Kier alpha value is -0.120. The molecule has 0 rings (SSSR count). The van der Waals surface area contributed by atoms with Crippen LogP contribution in [0.1, 0.15) is 32.6 Å². The number of aliphatic hydroxyl groups is 2. The molecular weight excluding hydrogens is 132 g/mol. The molecule has 1 unspecified atom stereocenters. The SMILES string of the molecule is CCCCCC(O)OCO. The van der Waals surface area contributed by atoms with E-state index in [1.54, 1.807) is 0 Å². The number of unbranched alkanes of at least 4 members (excludes halogenated alkanes) is 2. The third-order valence-corrected chi connectivity index (χ3v) is 1.32. The van der Waals surface area contributed by atoms with Gasteiger partial charge in [0.2, 0.25) is 0 Å². The summed E-state index contributed by atoms with van der Waals surface area (Å²) in [5.74, 6) is 0. The van der Waals surface area contributed by atoms with Crippen molar-refractivity contribution in [1.29, 1.82) is 0 Å². The van der Waals surface area contributed by atoms with Crippen LogP contribution in [0.3, 0.4) is 0 Å². The van der Waals surface area contributed by atoms with Gasteiger partial charge in [0.1, 0.15) is 6.79 Å². The molecule has 0 aromatic rings. The van der Waals surface area contributed by atoms with Crippen molar-refractivity contribution in [1.82, 2.24) is 0 Å². The van der Waals surface area contributed by atoms with Crippen molar-refractivity contribution < 1.29 is 14.9 Å². The molecule has 3 nitrogen and oxygen atoms in total. The first kappa shape index (κ1) is 9.88. The maximum absolute atomic E-state index is 8.89. The van der Waals surface area contributed by atoms with Gasteiger partial charge in [0.15, 0.2) is 6.29 Å². The minimum atomic E-state index is -0.781. The van der Waals surface area contributed by atoms with Crippen molar-refractivity contribution in [2.24, 2.45) is 0 Å². The summed E-state index contributed by atoms with van der Waals surface area (Å²) < 4.78 is 4.50. The summed E-state index contributed by atoms with van der Waals surface area (Å²) in [6.07, 6.45) is 3.03. The average molecular weight is 148 g/mol. The molecule has 0 spiro atoms. The van der Waals surface area contributed by atoms with Gasteiger partial charge in [-0.3, -0.25) is 0 Å². The fraction of sp³-hybridized carbons (Fsp3) is 1.00. The number of rotatable bonds is 6. The van der Waals surface area contributed by atoms with Gasteiger partial charge in [-0.1, -0.05) is 19.8 Å². The van der Waals surface area contributed by atoms with Crippen molar-refractivity contribution in [2.75, 3.05) is 6.79 Å². The molecule has 62 valence electrons. The Bertz CT molecular complexity index is 65.9. The molecule has 2 N–H and O–H groups in total. The van der Waals surface area contributed by atoms with Gasteiger partial charge >= 0.3 is 0 Å². The van der Waals surface area contributed by atoms with Gasteiger partial charge in [0.05, 0.1) is 0 Å². The van der Waals surface area contributed by atoms with Gasteiger partial charge in [0, 0.05) is 0 Å². The second kappa shape index (κ2) is 6.99. The number of hydrogen-bond donors (Lipinski definition) is 2. The monoisotopic (exact) mass is 148 g/mol. The van der Waals surface area contributed by atoms with Crippen LogP contribution in [-0.4, -0.2) is 23.3 Å². The highest BCUT2D eigenvalue weighted by Gasteiger charge is 2.00. The van der Waals surface area contributed by atoms with Crippen molar-refractivity contribution in [3.05, 3.63) is 0 Å². The molecule has 1 atom stereocenters. The van der Waals surface area contributed by atoms with Crippen molar-refractivity contribution in [3.63, 3.8) is 0 Å². The normalized spacial score (nSPS) is 13.5. The smallest absolute Gasteiger partial charge is 0.157 e. The van der Waals surface area contributed by atoms with Crippen LogP contribution in [0.4, 0.5) is 0 Å². The Morgan fingerprint density at radius 2 is 2.10 bits per heavy atom. The summed E-state index contributed by atoms with van der Waals surface area (Å²) in [5.41, 5.74) is 0. The maximum Gasteiger partial charge on any atom is 0.157 e. The van der Waals surface area contributed by atoms with Gasteiger partial charge in [-0.05, 0) is 12.8 Å². The van der Waals surface area contributed by atoms with E-state index in [1.807, 2.05) is 0 Å². The molecule has 0 aromatic carbocycles. The second-order valence-corrected chi connectivity index (χ2v) is 2.25. The maximum atomic E-state index is 8.89. The minimum Gasteiger partial charge on any atom is -0.371 e. The molecule has 0 aliphatic carbocycles. The Labute approximate surface area is 61.6 Å². The molecule has 0 aliphatic heterocycles. The third kappa shape index (κ3) is 6.01. The summed E-state index contributed by atoms with van der Waals surface area (Å²) in [4.78, 5) is 0. The van der Waals surface area contributed by atoms with E-state index in [9.17, 15) is 0 Å². The average Bonchev–Trinajstić information content (AvgIpc) is 1.89. The quantitative estimate of drug-likeness (QED) is 0.433. The highest BCUT2D eigenvalue weighted by Crippen LogP contribution is 2.03. The van der Waals surface area contributed by atoms with Crippen molar-refractivity contribution >= 4 is 0 Å². The summed E-state index contributed by atoms with van der Waals surface area (Å²) in [6, 6.07) is 0. The molecule has 0 saturated carbocycles. The van der Waals surface area contributed by atoms with Gasteiger partial charge < -0.3 is 14.9 Å². The first-order valence-electron chi connectivity index (χ1n) is 3.71. The van der Waals surface area contributed by atoms with Crippen molar-refractivity contribution in [2.45, 2.75) is 38.9 Å². The predicted molar refractivity (Wildman–Crippen MR) is 38.3 cm³/mol. The zero-order chi connectivity index (χ0) is 7.82. The van der Waals surface area contributed by atoms with Gasteiger partial charge in [0.25, 0.3) is 0 Å². The molecule has 0 aliphatic rings. The molecule has 0 saturated heterocycles. The highest BCUT2D eigenvalue weighted by atomic mass is 16.7. The Balaban J connectivity index is 2.97. The van der Waals surface area contributed by atoms with Crippen LogP contribution in [-0.2, 0) is 4.74 Å². The van der Waals surface area contributed by atoms with E-state index in [1.165, 1.54) is 0 Å². The van der Waals surface area contributed by atoms with E-state index < -0.39 is 13.1 Å². The van der Waals surface area contributed by atoms with E-state index in [4.69, 9.17) is 10.2 Å². The lowest BCUT2D eigenvalue weighted by molar-refractivity contribution is -0.153. The molecule has 0 amide bonds. The van der Waals surface area contributed by atoms with E-state index in [2.05, 4.69) is 11.7 Å². The molecule has 0 bridgehead atoms. The summed E-state index contributed by atoms with van der Waals surface area (Å²) in [5, 5.41) is 17.1. The molecular formula is C7H16O3. The van der Waals surface area contributed by atoms with Crippen LogP contribution in [0.15, 0.2) is 0 Å². The first-order valence-corrected chi connectivity index (χ1v) is 3.71. The van der Waals surface area contributed by atoms with Crippen molar-refractivity contribution in [3.8, 4) is 0 Å². The fourth-order valence-corrected chi connectivity index (χ4v) is 0.738. The Kier molecular flexibility index (Phi) is 6.91. The van der Waals surface area contributed by atoms with E-state index in [0.717, 1.165) is 19.3 Å².